The average Bonchev–Trinajstić information content (AvgIpc) is 2.97. The van der Waals surface area contributed by atoms with Crippen molar-refractivity contribution in [2.45, 2.75) is 75.5 Å². The van der Waals surface area contributed by atoms with Crippen LogP contribution in [0.4, 0.5) is 0 Å². The second-order valence-electron chi connectivity index (χ2n) is 11.5. The number of aliphatic hydroxyl groups excluding tert-OH is 2. The Hall–Kier alpha value is -3.10. The van der Waals surface area contributed by atoms with Crippen LogP contribution in [0.25, 0.3) is 0 Å². The van der Waals surface area contributed by atoms with Crippen LogP contribution >= 0.6 is 0 Å². The molecule has 2 aromatic carbocycles. The maximum atomic E-state index is 13.6. The molecule has 2 aromatic rings. The van der Waals surface area contributed by atoms with Gasteiger partial charge in [0.2, 0.25) is 5.78 Å². The van der Waals surface area contributed by atoms with Crippen LogP contribution in [-0.2, 0) is 14.2 Å². The summed E-state index contributed by atoms with van der Waals surface area (Å²) in [5.74, 6) is -3.61. The van der Waals surface area contributed by atoms with Gasteiger partial charge in [-0.1, -0.05) is 19.1 Å². The van der Waals surface area contributed by atoms with Crippen molar-refractivity contribution in [3.05, 3.63) is 51.6 Å². The molecular weight excluding hydrogens is 550 g/mol. The van der Waals surface area contributed by atoms with E-state index in [0.717, 1.165) is 0 Å². The van der Waals surface area contributed by atoms with Crippen LogP contribution in [0.5, 0.6) is 17.2 Å². The molecule has 2 saturated heterocycles. The first-order chi connectivity index (χ1) is 20.0. The molecule has 6 N–H and O–H groups in total. The second kappa shape index (κ2) is 10.6. The van der Waals surface area contributed by atoms with Crippen LogP contribution in [0.2, 0.25) is 0 Å². The molecule has 0 amide bonds. The summed E-state index contributed by atoms with van der Waals surface area (Å²) >= 11 is 0. The van der Waals surface area contributed by atoms with Crippen molar-refractivity contribution in [2.24, 2.45) is 0 Å². The third kappa shape index (κ3) is 4.32. The van der Waals surface area contributed by atoms with Crippen LogP contribution in [0.1, 0.15) is 88.3 Å². The van der Waals surface area contributed by atoms with Crippen LogP contribution in [0.3, 0.4) is 0 Å². The number of hydrogen-bond acceptors (Lipinski definition) is 12. The number of carbonyl (C=O) groups is 2. The summed E-state index contributed by atoms with van der Waals surface area (Å²) in [6.45, 7) is 5.61. The quantitative estimate of drug-likeness (QED) is 0.242. The number of carbonyl (C=O) groups excluding carboxylic acids is 2. The van der Waals surface area contributed by atoms with Gasteiger partial charge in [0.15, 0.2) is 12.1 Å². The lowest BCUT2D eigenvalue weighted by molar-refractivity contribution is -0.264. The molecular formula is C30H35NO11. The number of phenolic OH excluding ortho intramolecular Hbond substituents is 3. The molecule has 2 fully saturated rings. The molecule has 7 atom stereocenters. The molecule has 0 aromatic heterocycles. The minimum atomic E-state index is -1.82. The van der Waals surface area contributed by atoms with E-state index in [2.05, 4.69) is 4.90 Å². The van der Waals surface area contributed by atoms with Crippen molar-refractivity contribution < 1.29 is 54.4 Å². The van der Waals surface area contributed by atoms with Crippen LogP contribution in [0.15, 0.2) is 18.2 Å². The minimum Gasteiger partial charge on any atom is -0.507 e. The zero-order chi connectivity index (χ0) is 30.1. The molecule has 4 aliphatic rings. The number of aliphatic hydroxyl groups is 3. The maximum Gasteiger partial charge on any atom is 0.202 e. The van der Waals surface area contributed by atoms with Gasteiger partial charge in [0.1, 0.15) is 23.4 Å². The van der Waals surface area contributed by atoms with Crippen molar-refractivity contribution in [3.63, 3.8) is 0 Å². The molecule has 0 bridgehead atoms. The number of benzene rings is 2. The summed E-state index contributed by atoms with van der Waals surface area (Å²) in [6, 6.07) is 3.60. The number of hydrogen-bond donors (Lipinski definition) is 6. The average molecular weight is 586 g/mol. The Labute approximate surface area is 241 Å². The Kier molecular flexibility index (Phi) is 7.29. The van der Waals surface area contributed by atoms with E-state index >= 15 is 0 Å². The van der Waals surface area contributed by atoms with Crippen LogP contribution in [-0.4, -0.2) is 104 Å². The zero-order valence-electron chi connectivity index (χ0n) is 23.3. The second-order valence-corrected chi connectivity index (χ2v) is 11.5. The Morgan fingerprint density at radius 1 is 1.00 bits per heavy atom. The van der Waals surface area contributed by atoms with Gasteiger partial charge in [-0.2, -0.15) is 0 Å². The van der Waals surface area contributed by atoms with E-state index in [9.17, 15) is 40.2 Å². The first kappa shape index (κ1) is 29.0. The normalized spacial score (nSPS) is 33.2. The SMILES string of the molecule is CC[C@@]1(O)C[C@H](OC2CC(N3CCOCC3)C(O)C(C)O2)c2c(O)c3c(c(O)c2C1O)C(=O)c1cccc(O)c1C3=O. The molecule has 6 rings (SSSR count). The molecule has 2 heterocycles. The fraction of sp³-hybridized carbons (Fsp3) is 0.533. The van der Waals surface area contributed by atoms with Gasteiger partial charge in [-0.25, -0.2) is 0 Å². The van der Waals surface area contributed by atoms with Crippen molar-refractivity contribution in [2.75, 3.05) is 26.3 Å². The number of fused-ring (bicyclic) bond motifs is 3. The summed E-state index contributed by atoms with van der Waals surface area (Å²) in [5, 5.41) is 67.1. The fourth-order valence-electron chi connectivity index (χ4n) is 6.86. The molecule has 12 nitrogen and oxygen atoms in total. The summed E-state index contributed by atoms with van der Waals surface area (Å²) in [5.41, 5.74) is -3.80. The van der Waals surface area contributed by atoms with E-state index < -0.39 is 76.2 Å². The van der Waals surface area contributed by atoms with Crippen molar-refractivity contribution in [3.8, 4) is 17.2 Å². The summed E-state index contributed by atoms with van der Waals surface area (Å²) in [4.78, 5) is 29.2. The Morgan fingerprint density at radius 2 is 1.67 bits per heavy atom. The predicted octanol–water partition coefficient (Wildman–Crippen LogP) is 1.41. The predicted molar refractivity (Wildman–Crippen MR) is 145 cm³/mol. The highest BCUT2D eigenvalue weighted by Crippen LogP contribution is 2.56. The third-order valence-electron chi connectivity index (χ3n) is 9.25. The smallest absolute Gasteiger partial charge is 0.202 e. The highest BCUT2D eigenvalue weighted by atomic mass is 16.7. The molecule has 2 aliphatic heterocycles. The first-order valence-electron chi connectivity index (χ1n) is 14.2. The Bertz CT molecular complexity index is 1440. The van der Waals surface area contributed by atoms with E-state index in [0.29, 0.717) is 26.3 Å². The topological polar surface area (TPSA) is 186 Å². The number of nitrogens with zero attached hydrogens (tertiary/aromatic N) is 1. The van der Waals surface area contributed by atoms with Crippen molar-refractivity contribution >= 4 is 11.6 Å². The molecule has 0 saturated carbocycles. The zero-order valence-corrected chi connectivity index (χ0v) is 23.3. The van der Waals surface area contributed by atoms with Gasteiger partial charge in [-0.05, 0) is 19.4 Å². The van der Waals surface area contributed by atoms with Gasteiger partial charge < -0.3 is 44.8 Å². The van der Waals surface area contributed by atoms with Crippen LogP contribution < -0.4 is 0 Å². The summed E-state index contributed by atoms with van der Waals surface area (Å²) in [7, 11) is 0. The highest BCUT2D eigenvalue weighted by molar-refractivity contribution is 6.31. The minimum absolute atomic E-state index is 0.0331. The molecule has 226 valence electrons. The van der Waals surface area contributed by atoms with E-state index in [1.807, 2.05) is 0 Å². The van der Waals surface area contributed by atoms with E-state index in [-0.39, 0.29) is 47.6 Å². The molecule has 2 aliphatic carbocycles. The van der Waals surface area contributed by atoms with Gasteiger partial charge in [0.25, 0.3) is 0 Å². The van der Waals surface area contributed by atoms with Crippen molar-refractivity contribution in [1.82, 2.24) is 4.90 Å². The van der Waals surface area contributed by atoms with Gasteiger partial charge >= 0.3 is 0 Å². The van der Waals surface area contributed by atoms with Gasteiger partial charge in [-0.3, -0.25) is 14.5 Å². The Balaban J connectivity index is 1.44. The third-order valence-corrected chi connectivity index (χ3v) is 9.25. The Morgan fingerprint density at radius 3 is 2.36 bits per heavy atom. The number of aromatic hydroxyl groups is 3. The number of ketones is 2. The van der Waals surface area contributed by atoms with Gasteiger partial charge in [0, 0.05) is 48.7 Å². The number of morpholine rings is 1. The number of ether oxygens (including phenoxy) is 3. The van der Waals surface area contributed by atoms with E-state index in [1.165, 1.54) is 18.2 Å². The summed E-state index contributed by atoms with van der Waals surface area (Å²) < 4.78 is 17.8. The molecule has 5 unspecified atom stereocenters. The lowest BCUT2D eigenvalue weighted by Gasteiger charge is -2.47. The molecule has 0 radical (unpaired) electrons. The lowest BCUT2D eigenvalue weighted by Crippen LogP contribution is -2.58. The standard InChI is InChI=1S/C30H35NO11/c1-3-30(39)12-17(42-18-11-15(24(33)13(2)41-18)31-7-9-40-10-8-31)20-23(29(30)38)28(37)21-22(27(20)36)26(35)19-14(25(21)34)5-4-6-16(19)32/h4-6,13,15,17-18,24,29,32-33,36-39H,3,7-12H2,1-2H3/t13?,15?,17-,18?,24?,29?,30+/m0/s1. The number of rotatable bonds is 4. The largest absolute Gasteiger partial charge is 0.507 e. The molecule has 0 spiro atoms. The lowest BCUT2D eigenvalue weighted by atomic mass is 9.70. The maximum absolute atomic E-state index is 13.6. The van der Waals surface area contributed by atoms with E-state index in [4.69, 9.17) is 14.2 Å². The highest BCUT2D eigenvalue weighted by Gasteiger charge is 2.52. The van der Waals surface area contributed by atoms with Crippen LogP contribution in [0, 0.1) is 0 Å². The van der Waals surface area contributed by atoms with Crippen molar-refractivity contribution in [1.29, 1.82) is 0 Å². The first-order valence-corrected chi connectivity index (χ1v) is 14.2. The summed E-state index contributed by atoms with van der Waals surface area (Å²) in [6.07, 6.45) is -5.23. The van der Waals surface area contributed by atoms with E-state index in [1.54, 1.807) is 13.8 Å². The molecule has 42 heavy (non-hydrogen) atoms. The molecule has 12 heteroatoms. The van der Waals surface area contributed by atoms with Gasteiger partial charge in [-0.15, -0.1) is 0 Å². The number of phenols is 3. The fourth-order valence-corrected chi connectivity index (χ4v) is 6.86. The van der Waals surface area contributed by atoms with Gasteiger partial charge in [0.05, 0.1) is 53.8 Å². The monoisotopic (exact) mass is 585 g/mol.